The molecule has 160 valence electrons. The number of hydrogen-bond donors (Lipinski definition) is 1. The average molecular weight is 409 g/mol. The Hall–Kier alpha value is -2.67. The number of para-hydroxylation sites is 1. The molecule has 4 rings (SSSR count). The molecule has 1 N–H and O–H groups in total. The van der Waals surface area contributed by atoms with Crippen molar-refractivity contribution in [3.8, 4) is 0 Å². The van der Waals surface area contributed by atoms with Crippen LogP contribution >= 0.6 is 0 Å². The van der Waals surface area contributed by atoms with Gasteiger partial charge < -0.3 is 15.1 Å². The molecule has 1 unspecified atom stereocenters. The lowest BCUT2D eigenvalue weighted by Crippen LogP contribution is -2.47. The second kappa shape index (κ2) is 10.4. The van der Waals surface area contributed by atoms with E-state index in [1.54, 1.807) is 18.6 Å². The minimum absolute atomic E-state index is 0.0372. The number of benzene rings is 1. The highest BCUT2D eigenvalue weighted by Crippen LogP contribution is 2.21. The lowest BCUT2D eigenvalue weighted by atomic mass is 9.97. The molecule has 2 aliphatic heterocycles. The molecule has 1 atom stereocenters. The number of rotatable bonds is 7. The Kier molecular flexibility index (Phi) is 7.13. The zero-order valence-electron chi connectivity index (χ0n) is 17.6. The normalized spacial score (nSPS) is 20.2. The Balaban J connectivity index is 1.13. The van der Waals surface area contributed by atoms with Crippen LogP contribution in [0.25, 0.3) is 0 Å². The van der Waals surface area contributed by atoms with Crippen LogP contribution < -0.4 is 15.1 Å². The Labute approximate surface area is 179 Å². The Bertz CT molecular complexity index is 779. The molecule has 7 heteroatoms. The number of carbonyl (C=O) groups excluding carboxylic acids is 1. The molecule has 1 aromatic heterocycles. The van der Waals surface area contributed by atoms with E-state index in [1.807, 2.05) is 0 Å². The van der Waals surface area contributed by atoms with Gasteiger partial charge in [0.1, 0.15) is 5.82 Å². The van der Waals surface area contributed by atoms with E-state index in [4.69, 9.17) is 0 Å². The summed E-state index contributed by atoms with van der Waals surface area (Å²) < 4.78 is 0. The Morgan fingerprint density at radius 1 is 1.03 bits per heavy atom. The lowest BCUT2D eigenvalue weighted by Gasteiger charge is -2.36. The minimum Gasteiger partial charge on any atom is -0.369 e. The van der Waals surface area contributed by atoms with E-state index in [-0.39, 0.29) is 11.8 Å². The van der Waals surface area contributed by atoms with Crippen molar-refractivity contribution >= 4 is 17.4 Å². The molecule has 1 amide bonds. The molecule has 2 fully saturated rings. The second-order valence-electron chi connectivity index (χ2n) is 8.16. The molecule has 1 aromatic carbocycles. The summed E-state index contributed by atoms with van der Waals surface area (Å²) in [7, 11) is 0. The van der Waals surface area contributed by atoms with E-state index < -0.39 is 0 Å². The molecule has 7 nitrogen and oxygen atoms in total. The first kappa shape index (κ1) is 20.6. The molecular weight excluding hydrogens is 376 g/mol. The smallest absolute Gasteiger partial charge is 0.224 e. The standard InChI is InChI=1S/C23H32N6O/c30-23(20-6-4-13-29(19-20)22-18-24-10-11-25-22)26-9-5-12-27-14-16-28(17-15-27)21-7-2-1-3-8-21/h1-3,7-8,10-11,18,20H,4-6,9,12-17,19H2,(H,26,30). The number of hydrogen-bond acceptors (Lipinski definition) is 6. The van der Waals surface area contributed by atoms with Crippen LogP contribution in [-0.4, -0.2) is 73.1 Å². The molecule has 0 saturated carbocycles. The van der Waals surface area contributed by atoms with Crippen molar-refractivity contribution in [2.24, 2.45) is 5.92 Å². The van der Waals surface area contributed by atoms with Gasteiger partial charge in [-0.3, -0.25) is 14.7 Å². The largest absolute Gasteiger partial charge is 0.369 e. The van der Waals surface area contributed by atoms with Crippen molar-refractivity contribution < 1.29 is 4.79 Å². The first-order valence-electron chi connectivity index (χ1n) is 11.1. The zero-order chi connectivity index (χ0) is 20.6. The second-order valence-corrected chi connectivity index (χ2v) is 8.16. The molecule has 2 aromatic rings. The predicted molar refractivity (Wildman–Crippen MR) is 120 cm³/mol. The van der Waals surface area contributed by atoms with Gasteiger partial charge in [-0.1, -0.05) is 18.2 Å². The van der Waals surface area contributed by atoms with E-state index >= 15 is 0 Å². The molecule has 0 bridgehead atoms. The summed E-state index contributed by atoms with van der Waals surface area (Å²) in [4.78, 5) is 28.3. The summed E-state index contributed by atoms with van der Waals surface area (Å²) in [6, 6.07) is 10.6. The van der Waals surface area contributed by atoms with Crippen LogP contribution in [0.1, 0.15) is 19.3 Å². The van der Waals surface area contributed by atoms with E-state index in [0.717, 1.165) is 77.4 Å². The summed E-state index contributed by atoms with van der Waals surface area (Å²) in [6.07, 6.45) is 8.12. The van der Waals surface area contributed by atoms with Crippen molar-refractivity contribution in [2.75, 3.05) is 62.2 Å². The molecule has 0 aliphatic carbocycles. The third-order valence-electron chi connectivity index (χ3n) is 6.11. The van der Waals surface area contributed by atoms with Gasteiger partial charge >= 0.3 is 0 Å². The molecular formula is C23H32N6O. The number of aromatic nitrogens is 2. The average Bonchev–Trinajstić information content (AvgIpc) is 2.83. The highest BCUT2D eigenvalue weighted by Gasteiger charge is 2.26. The minimum atomic E-state index is 0.0372. The Morgan fingerprint density at radius 3 is 2.63 bits per heavy atom. The van der Waals surface area contributed by atoms with Crippen molar-refractivity contribution in [1.82, 2.24) is 20.2 Å². The summed E-state index contributed by atoms with van der Waals surface area (Å²) in [5.41, 5.74) is 1.31. The van der Waals surface area contributed by atoms with Crippen molar-refractivity contribution in [1.29, 1.82) is 0 Å². The maximum Gasteiger partial charge on any atom is 0.224 e. The van der Waals surface area contributed by atoms with E-state index in [2.05, 4.69) is 60.3 Å². The summed E-state index contributed by atoms with van der Waals surface area (Å²) in [5.74, 6) is 1.08. The van der Waals surface area contributed by atoms with Gasteiger partial charge in [0.25, 0.3) is 0 Å². The number of nitrogens with zero attached hydrogens (tertiary/aromatic N) is 5. The van der Waals surface area contributed by atoms with Crippen molar-refractivity contribution in [3.05, 3.63) is 48.9 Å². The van der Waals surface area contributed by atoms with Gasteiger partial charge in [0, 0.05) is 63.9 Å². The maximum atomic E-state index is 12.6. The van der Waals surface area contributed by atoms with Crippen molar-refractivity contribution in [3.63, 3.8) is 0 Å². The highest BCUT2D eigenvalue weighted by atomic mass is 16.1. The SMILES string of the molecule is O=C(NCCCN1CCN(c2ccccc2)CC1)C1CCCN(c2cnccn2)C1. The molecule has 2 saturated heterocycles. The third kappa shape index (κ3) is 5.48. The monoisotopic (exact) mass is 408 g/mol. The predicted octanol–water partition coefficient (Wildman–Crippen LogP) is 2.02. The molecule has 0 spiro atoms. The molecule has 2 aliphatic rings. The number of anilines is 2. The van der Waals surface area contributed by atoms with Gasteiger partial charge in [0.2, 0.25) is 5.91 Å². The van der Waals surface area contributed by atoms with Gasteiger partial charge in [-0.15, -0.1) is 0 Å². The summed E-state index contributed by atoms with van der Waals surface area (Å²) in [6.45, 7) is 7.76. The van der Waals surface area contributed by atoms with Crippen molar-refractivity contribution in [2.45, 2.75) is 19.3 Å². The number of piperazine rings is 1. The molecule has 30 heavy (non-hydrogen) atoms. The van der Waals surface area contributed by atoms with Crippen LogP contribution in [0.2, 0.25) is 0 Å². The van der Waals surface area contributed by atoms with Crippen LogP contribution in [0, 0.1) is 5.92 Å². The maximum absolute atomic E-state index is 12.6. The van der Waals surface area contributed by atoms with E-state index in [1.165, 1.54) is 5.69 Å². The van der Waals surface area contributed by atoms with Crippen LogP contribution in [0.15, 0.2) is 48.9 Å². The first-order valence-corrected chi connectivity index (χ1v) is 11.1. The first-order chi connectivity index (χ1) is 14.8. The van der Waals surface area contributed by atoms with Crippen LogP contribution in [0.5, 0.6) is 0 Å². The highest BCUT2D eigenvalue weighted by molar-refractivity contribution is 5.79. The van der Waals surface area contributed by atoms with Gasteiger partial charge in [-0.05, 0) is 37.9 Å². The lowest BCUT2D eigenvalue weighted by molar-refractivity contribution is -0.125. The van der Waals surface area contributed by atoms with E-state index in [9.17, 15) is 4.79 Å². The van der Waals surface area contributed by atoms with Crippen LogP contribution in [0.3, 0.4) is 0 Å². The fraction of sp³-hybridized carbons (Fsp3) is 0.522. The van der Waals surface area contributed by atoms with Crippen LogP contribution in [-0.2, 0) is 4.79 Å². The number of carbonyl (C=O) groups is 1. The number of amides is 1. The summed E-state index contributed by atoms with van der Waals surface area (Å²) >= 11 is 0. The van der Waals surface area contributed by atoms with E-state index in [0.29, 0.717) is 0 Å². The van der Waals surface area contributed by atoms with Gasteiger partial charge in [-0.2, -0.15) is 0 Å². The van der Waals surface area contributed by atoms with Gasteiger partial charge in [0.05, 0.1) is 12.1 Å². The Morgan fingerprint density at radius 2 is 1.87 bits per heavy atom. The third-order valence-corrected chi connectivity index (χ3v) is 6.11. The number of nitrogens with one attached hydrogen (secondary N) is 1. The fourth-order valence-electron chi connectivity index (χ4n) is 4.38. The molecule has 0 radical (unpaired) electrons. The van der Waals surface area contributed by atoms with Gasteiger partial charge in [-0.25, -0.2) is 4.98 Å². The topological polar surface area (TPSA) is 64.6 Å². The fourth-order valence-corrected chi connectivity index (χ4v) is 4.38. The molecule has 3 heterocycles. The van der Waals surface area contributed by atoms with Gasteiger partial charge in [0.15, 0.2) is 0 Å². The van der Waals surface area contributed by atoms with Crippen LogP contribution in [0.4, 0.5) is 11.5 Å². The summed E-state index contributed by atoms with van der Waals surface area (Å²) in [5, 5.41) is 3.16. The number of piperidine rings is 1. The zero-order valence-corrected chi connectivity index (χ0v) is 17.6. The quantitative estimate of drug-likeness (QED) is 0.707.